The van der Waals surface area contributed by atoms with Crippen LogP contribution in [0, 0.1) is 0 Å². The molecule has 0 spiro atoms. The number of carbonyl (C=O) groups excluding carboxylic acids is 3. The van der Waals surface area contributed by atoms with E-state index in [0.29, 0.717) is 32.6 Å². The maximum absolute atomic E-state index is 12.9. The van der Waals surface area contributed by atoms with Crippen LogP contribution in [0.3, 0.4) is 0 Å². The third kappa shape index (κ3) is 7.47. The van der Waals surface area contributed by atoms with Gasteiger partial charge in [-0.05, 0) is 23.6 Å². The fourth-order valence-corrected chi connectivity index (χ4v) is 3.49. The first-order valence-electron chi connectivity index (χ1n) is 11.0. The van der Waals surface area contributed by atoms with Crippen LogP contribution in [0.2, 0.25) is 0 Å². The average molecular weight is 452 g/mol. The van der Waals surface area contributed by atoms with Gasteiger partial charge in [0.15, 0.2) is 0 Å². The first kappa shape index (κ1) is 24.0. The van der Waals surface area contributed by atoms with Gasteiger partial charge in [0.25, 0.3) is 0 Å². The molecule has 1 aliphatic heterocycles. The van der Waals surface area contributed by atoms with Crippen molar-refractivity contribution in [3.05, 3.63) is 77.9 Å². The molecule has 2 aromatic carbocycles. The molecule has 2 aromatic rings. The Labute approximate surface area is 193 Å². The fraction of sp³-hybridized carbons (Fsp3) is 0.320. The summed E-state index contributed by atoms with van der Waals surface area (Å²) in [7, 11) is 0. The van der Waals surface area contributed by atoms with Crippen LogP contribution in [0.25, 0.3) is 6.08 Å². The molecule has 2 N–H and O–H groups in total. The molecule has 33 heavy (non-hydrogen) atoms. The van der Waals surface area contributed by atoms with Crippen LogP contribution < -0.4 is 5.32 Å². The highest BCUT2D eigenvalue weighted by Gasteiger charge is 2.28. The third-order valence-corrected chi connectivity index (χ3v) is 5.29. The van der Waals surface area contributed by atoms with E-state index >= 15 is 0 Å². The molecule has 0 aromatic heterocycles. The highest BCUT2D eigenvalue weighted by atomic mass is 16.6. The number of hydrogen-bond donors (Lipinski definition) is 2. The first-order chi connectivity index (χ1) is 16.1. The molecular weight excluding hydrogens is 422 g/mol. The predicted octanol–water partition coefficient (Wildman–Crippen LogP) is 2.05. The van der Waals surface area contributed by atoms with Crippen LogP contribution in [0.1, 0.15) is 17.5 Å². The molecule has 3 amide bonds. The van der Waals surface area contributed by atoms with Gasteiger partial charge in [-0.2, -0.15) is 0 Å². The number of ether oxygens (including phenoxy) is 1. The summed E-state index contributed by atoms with van der Waals surface area (Å²) in [6.45, 7) is 1.18. The fourth-order valence-electron chi connectivity index (χ4n) is 3.49. The minimum Gasteiger partial charge on any atom is -0.445 e. The lowest BCUT2D eigenvalue weighted by Gasteiger charge is -2.25. The topological polar surface area (TPSA) is 99.2 Å². The zero-order valence-electron chi connectivity index (χ0n) is 18.4. The van der Waals surface area contributed by atoms with E-state index in [9.17, 15) is 19.5 Å². The standard InChI is InChI=1S/C25H29N3O5/c29-18-22(26-23(30)13-12-20-8-3-1-4-9-20)24(31)27-14-7-15-28(17-16-27)25(32)33-19-21-10-5-2-6-11-21/h1-6,8-13,22,29H,7,14-19H2,(H,26,30)/t22-/m0/s1. The minimum absolute atomic E-state index is 0.188. The molecule has 3 rings (SSSR count). The van der Waals surface area contributed by atoms with Crippen LogP contribution >= 0.6 is 0 Å². The normalized spacial score (nSPS) is 15.1. The Morgan fingerprint density at radius 3 is 2.27 bits per heavy atom. The highest BCUT2D eigenvalue weighted by molar-refractivity contribution is 5.95. The van der Waals surface area contributed by atoms with Crippen molar-refractivity contribution in [2.24, 2.45) is 0 Å². The van der Waals surface area contributed by atoms with E-state index in [0.717, 1.165) is 11.1 Å². The van der Waals surface area contributed by atoms with Gasteiger partial charge < -0.3 is 25.0 Å². The van der Waals surface area contributed by atoms with Crippen molar-refractivity contribution >= 4 is 24.0 Å². The lowest BCUT2D eigenvalue weighted by Crippen LogP contribution is -2.51. The summed E-state index contributed by atoms with van der Waals surface area (Å²) in [6, 6.07) is 17.7. The Morgan fingerprint density at radius 2 is 1.58 bits per heavy atom. The summed E-state index contributed by atoms with van der Waals surface area (Å²) in [5.74, 6) is -0.842. The summed E-state index contributed by atoms with van der Waals surface area (Å²) in [6.07, 6.45) is 3.12. The van der Waals surface area contributed by atoms with E-state index < -0.39 is 24.6 Å². The van der Waals surface area contributed by atoms with Gasteiger partial charge in [-0.25, -0.2) is 4.79 Å². The average Bonchev–Trinajstić information content (AvgIpc) is 3.12. The van der Waals surface area contributed by atoms with Crippen LogP contribution in [-0.2, 0) is 20.9 Å². The Balaban J connectivity index is 1.49. The van der Waals surface area contributed by atoms with Crippen molar-refractivity contribution in [1.29, 1.82) is 0 Å². The number of nitrogens with zero attached hydrogens (tertiary/aromatic N) is 2. The summed E-state index contributed by atoms with van der Waals surface area (Å²) >= 11 is 0. The second kappa shape index (κ2) is 12.4. The lowest BCUT2D eigenvalue weighted by atomic mass is 10.2. The number of carbonyl (C=O) groups is 3. The summed E-state index contributed by atoms with van der Waals surface area (Å²) in [4.78, 5) is 40.7. The molecule has 0 aliphatic carbocycles. The van der Waals surface area contributed by atoms with Crippen LogP contribution in [0.5, 0.6) is 0 Å². The van der Waals surface area contributed by atoms with E-state index in [1.54, 1.807) is 15.9 Å². The number of rotatable bonds is 7. The Hall–Kier alpha value is -3.65. The second-order valence-corrected chi connectivity index (χ2v) is 7.69. The summed E-state index contributed by atoms with van der Waals surface area (Å²) in [5, 5.41) is 12.2. The predicted molar refractivity (Wildman–Crippen MR) is 124 cm³/mol. The summed E-state index contributed by atoms with van der Waals surface area (Å²) < 4.78 is 5.38. The van der Waals surface area contributed by atoms with Gasteiger partial charge in [0.1, 0.15) is 12.6 Å². The van der Waals surface area contributed by atoms with Crippen LogP contribution in [0.15, 0.2) is 66.7 Å². The van der Waals surface area contributed by atoms with E-state index in [1.807, 2.05) is 60.7 Å². The van der Waals surface area contributed by atoms with Crippen LogP contribution in [0.4, 0.5) is 4.79 Å². The quantitative estimate of drug-likeness (QED) is 0.628. The van der Waals surface area contributed by atoms with E-state index in [4.69, 9.17) is 4.74 Å². The number of nitrogens with one attached hydrogen (secondary N) is 1. The molecular formula is C25H29N3O5. The molecule has 174 valence electrons. The van der Waals surface area contributed by atoms with E-state index in [2.05, 4.69) is 5.32 Å². The Kier molecular flexibility index (Phi) is 9.02. The Bertz CT molecular complexity index is 949. The van der Waals surface area contributed by atoms with Crippen LogP contribution in [-0.4, -0.2) is 71.6 Å². The number of amides is 3. The maximum Gasteiger partial charge on any atom is 0.410 e. The van der Waals surface area contributed by atoms with Crippen molar-refractivity contribution in [3.8, 4) is 0 Å². The van der Waals surface area contributed by atoms with Crippen molar-refractivity contribution in [3.63, 3.8) is 0 Å². The van der Waals surface area contributed by atoms with Gasteiger partial charge >= 0.3 is 6.09 Å². The van der Waals surface area contributed by atoms with Gasteiger partial charge in [0, 0.05) is 32.3 Å². The number of aliphatic hydroxyl groups excluding tert-OH is 1. The van der Waals surface area contributed by atoms with E-state index in [-0.39, 0.29) is 12.5 Å². The van der Waals surface area contributed by atoms with Crippen molar-refractivity contribution in [1.82, 2.24) is 15.1 Å². The smallest absolute Gasteiger partial charge is 0.410 e. The molecule has 1 aliphatic rings. The van der Waals surface area contributed by atoms with Gasteiger partial charge in [-0.15, -0.1) is 0 Å². The first-order valence-corrected chi connectivity index (χ1v) is 11.0. The van der Waals surface area contributed by atoms with E-state index in [1.165, 1.54) is 6.08 Å². The molecule has 8 nitrogen and oxygen atoms in total. The summed E-state index contributed by atoms with van der Waals surface area (Å²) in [5.41, 5.74) is 1.76. The molecule has 1 atom stereocenters. The minimum atomic E-state index is -1.05. The number of benzene rings is 2. The molecule has 0 unspecified atom stereocenters. The van der Waals surface area contributed by atoms with Gasteiger partial charge in [0.05, 0.1) is 6.61 Å². The third-order valence-electron chi connectivity index (χ3n) is 5.29. The zero-order valence-corrected chi connectivity index (χ0v) is 18.4. The largest absolute Gasteiger partial charge is 0.445 e. The van der Waals surface area contributed by atoms with Crippen molar-refractivity contribution in [2.75, 3.05) is 32.8 Å². The second-order valence-electron chi connectivity index (χ2n) is 7.69. The zero-order chi connectivity index (χ0) is 23.5. The van der Waals surface area contributed by atoms with Gasteiger partial charge in [0.2, 0.25) is 11.8 Å². The van der Waals surface area contributed by atoms with Crippen molar-refractivity contribution in [2.45, 2.75) is 19.1 Å². The monoisotopic (exact) mass is 451 g/mol. The van der Waals surface area contributed by atoms with Gasteiger partial charge in [-0.1, -0.05) is 60.7 Å². The maximum atomic E-state index is 12.9. The molecule has 1 saturated heterocycles. The van der Waals surface area contributed by atoms with Gasteiger partial charge in [-0.3, -0.25) is 9.59 Å². The molecule has 0 saturated carbocycles. The molecule has 1 heterocycles. The molecule has 1 fully saturated rings. The number of aliphatic hydroxyl groups is 1. The van der Waals surface area contributed by atoms with Crippen molar-refractivity contribution < 1.29 is 24.2 Å². The lowest BCUT2D eigenvalue weighted by molar-refractivity contribution is -0.136. The SMILES string of the molecule is O=C(C=Cc1ccccc1)N[C@@H](CO)C(=O)N1CCCN(C(=O)OCc2ccccc2)CC1. The highest BCUT2D eigenvalue weighted by Crippen LogP contribution is 2.09. The molecule has 8 heteroatoms. The number of hydrogen-bond acceptors (Lipinski definition) is 5. The Morgan fingerprint density at radius 1 is 0.939 bits per heavy atom. The molecule has 0 radical (unpaired) electrons. The molecule has 0 bridgehead atoms.